The first-order valence-corrected chi connectivity index (χ1v) is 11.0. The highest BCUT2D eigenvalue weighted by Gasteiger charge is 2.30. The lowest BCUT2D eigenvalue weighted by molar-refractivity contribution is -0.128. The topological polar surface area (TPSA) is 59.1 Å². The van der Waals surface area contributed by atoms with Crippen LogP contribution in [0.3, 0.4) is 0 Å². The van der Waals surface area contributed by atoms with Crippen molar-refractivity contribution in [3.05, 3.63) is 23.8 Å². The van der Waals surface area contributed by atoms with E-state index in [2.05, 4.69) is 12.2 Å². The summed E-state index contributed by atoms with van der Waals surface area (Å²) in [4.78, 5) is 29.6. The molecule has 0 aliphatic carbocycles. The molecule has 164 valence electrons. The number of carbonyl (C=O) groups is 2. The van der Waals surface area contributed by atoms with E-state index in [4.69, 9.17) is 9.47 Å². The van der Waals surface area contributed by atoms with Crippen molar-refractivity contribution in [2.24, 2.45) is 0 Å². The Balaban J connectivity index is 2.06. The number of unbranched alkanes of at least 4 members (excludes halogenated alkanes) is 1. The highest BCUT2D eigenvalue weighted by Crippen LogP contribution is 2.24. The lowest BCUT2D eigenvalue weighted by atomic mass is 9.97. The van der Waals surface area contributed by atoms with E-state index in [0.717, 1.165) is 63.8 Å². The zero-order chi connectivity index (χ0) is 21.3. The van der Waals surface area contributed by atoms with Crippen molar-refractivity contribution < 1.29 is 19.1 Å². The number of hydrogen-bond donors (Lipinski definition) is 0. The Bertz CT molecular complexity index is 606. The first-order chi connectivity index (χ1) is 13.8. The van der Waals surface area contributed by atoms with Crippen molar-refractivity contribution in [1.82, 2.24) is 9.80 Å². The van der Waals surface area contributed by atoms with Crippen molar-refractivity contribution in [3.63, 3.8) is 0 Å². The highest BCUT2D eigenvalue weighted by atomic mass is 16.6. The minimum atomic E-state index is -0.535. The molecule has 2 amide bonds. The van der Waals surface area contributed by atoms with Gasteiger partial charge in [-0.25, -0.2) is 4.79 Å². The van der Waals surface area contributed by atoms with Gasteiger partial charge in [0.15, 0.2) is 0 Å². The Morgan fingerprint density at radius 2 is 1.97 bits per heavy atom. The van der Waals surface area contributed by atoms with Crippen molar-refractivity contribution in [2.75, 3.05) is 33.4 Å². The van der Waals surface area contributed by atoms with Gasteiger partial charge in [0.05, 0.1) is 6.04 Å². The second-order valence-corrected chi connectivity index (χ2v) is 8.88. The van der Waals surface area contributed by atoms with Gasteiger partial charge in [-0.15, -0.1) is 0 Å². The molecular formula is C23H38N2O4. The molecule has 0 bridgehead atoms. The number of hydrogen-bond acceptors (Lipinski definition) is 4. The van der Waals surface area contributed by atoms with Gasteiger partial charge in [0.25, 0.3) is 0 Å². The van der Waals surface area contributed by atoms with Crippen LogP contribution in [-0.2, 0) is 14.3 Å². The van der Waals surface area contributed by atoms with E-state index in [1.807, 2.05) is 31.7 Å². The van der Waals surface area contributed by atoms with Crippen LogP contribution in [0.4, 0.5) is 4.79 Å². The fourth-order valence-electron chi connectivity index (χ4n) is 3.74. The molecule has 2 heterocycles. The summed E-state index contributed by atoms with van der Waals surface area (Å²) < 4.78 is 10.7. The van der Waals surface area contributed by atoms with Gasteiger partial charge in [0.1, 0.15) is 5.60 Å². The van der Waals surface area contributed by atoms with Gasteiger partial charge in [0, 0.05) is 45.3 Å². The van der Waals surface area contributed by atoms with Crippen molar-refractivity contribution >= 4 is 12.0 Å². The van der Waals surface area contributed by atoms with Crippen LogP contribution in [-0.4, -0.2) is 66.8 Å². The first kappa shape index (κ1) is 23.5. The molecule has 2 aliphatic rings. The number of amides is 2. The van der Waals surface area contributed by atoms with Crippen LogP contribution in [0.2, 0.25) is 0 Å². The van der Waals surface area contributed by atoms with Crippen LogP contribution < -0.4 is 0 Å². The molecule has 2 aliphatic heterocycles. The molecule has 2 rings (SSSR count). The summed E-state index contributed by atoms with van der Waals surface area (Å²) in [6.07, 6.45) is 12.3. The SMILES string of the molecule is COCCCCN1CCC=C(CC2/C=C\CCCCN2C(=O)OC(C)(C)C)C1=O. The molecule has 0 radical (unpaired) electrons. The van der Waals surface area contributed by atoms with Crippen LogP contribution in [0.15, 0.2) is 23.8 Å². The quantitative estimate of drug-likeness (QED) is 0.467. The monoisotopic (exact) mass is 406 g/mol. The summed E-state index contributed by atoms with van der Waals surface area (Å²) >= 11 is 0. The third kappa shape index (κ3) is 7.84. The standard InChI is InChI=1S/C23H38N2O4/c1-23(2,3)29-22(27)25-16-8-6-5-7-13-20(25)18-19-12-11-15-24(21(19)26)14-9-10-17-28-4/h7,12-13,20H,5-6,8-11,14-18H2,1-4H3/b13-7-. The Labute approximate surface area is 175 Å². The van der Waals surface area contributed by atoms with Gasteiger partial charge in [-0.1, -0.05) is 18.2 Å². The zero-order valence-corrected chi connectivity index (χ0v) is 18.6. The lowest BCUT2D eigenvalue weighted by Crippen LogP contribution is -2.45. The van der Waals surface area contributed by atoms with Crippen LogP contribution in [0, 0.1) is 0 Å². The molecule has 6 nitrogen and oxygen atoms in total. The van der Waals surface area contributed by atoms with Gasteiger partial charge in [-0.05, 0) is 59.3 Å². The number of carbonyl (C=O) groups excluding carboxylic acids is 2. The molecular weight excluding hydrogens is 368 g/mol. The van der Waals surface area contributed by atoms with E-state index in [1.54, 1.807) is 12.0 Å². The molecule has 0 spiro atoms. The molecule has 29 heavy (non-hydrogen) atoms. The molecule has 0 saturated heterocycles. The molecule has 1 atom stereocenters. The second-order valence-electron chi connectivity index (χ2n) is 8.88. The number of ether oxygens (including phenoxy) is 2. The molecule has 0 fully saturated rings. The van der Waals surface area contributed by atoms with E-state index in [1.165, 1.54) is 0 Å². The summed E-state index contributed by atoms with van der Waals surface area (Å²) in [6, 6.07) is -0.145. The average molecular weight is 407 g/mol. The zero-order valence-electron chi connectivity index (χ0n) is 18.6. The minimum Gasteiger partial charge on any atom is -0.444 e. The Kier molecular flexibility index (Phi) is 9.21. The fraction of sp³-hybridized carbons (Fsp3) is 0.739. The van der Waals surface area contributed by atoms with E-state index < -0.39 is 5.60 Å². The summed E-state index contributed by atoms with van der Waals surface area (Å²) in [7, 11) is 1.70. The molecule has 0 aromatic rings. The normalized spacial score (nSPS) is 22.0. The minimum absolute atomic E-state index is 0.105. The maximum atomic E-state index is 13.0. The predicted molar refractivity (Wildman–Crippen MR) is 115 cm³/mol. The first-order valence-electron chi connectivity index (χ1n) is 11.0. The molecule has 1 unspecified atom stereocenters. The summed E-state index contributed by atoms with van der Waals surface area (Å²) in [5, 5.41) is 0. The van der Waals surface area contributed by atoms with Gasteiger partial charge < -0.3 is 19.3 Å². The largest absolute Gasteiger partial charge is 0.444 e. The smallest absolute Gasteiger partial charge is 0.410 e. The van der Waals surface area contributed by atoms with Crippen molar-refractivity contribution in [3.8, 4) is 0 Å². The maximum Gasteiger partial charge on any atom is 0.410 e. The van der Waals surface area contributed by atoms with Gasteiger partial charge >= 0.3 is 6.09 Å². The summed E-state index contributed by atoms with van der Waals surface area (Å²) in [5.41, 5.74) is 0.277. The highest BCUT2D eigenvalue weighted by molar-refractivity contribution is 5.94. The average Bonchev–Trinajstić information content (AvgIpc) is 2.62. The maximum absolute atomic E-state index is 13.0. The second kappa shape index (κ2) is 11.4. The van der Waals surface area contributed by atoms with Gasteiger partial charge in [0.2, 0.25) is 5.91 Å². The summed E-state index contributed by atoms with van der Waals surface area (Å²) in [5.74, 6) is 0.105. The lowest BCUT2D eigenvalue weighted by Gasteiger charge is -2.35. The van der Waals surface area contributed by atoms with Gasteiger partial charge in [-0.2, -0.15) is 0 Å². The molecule has 0 N–H and O–H groups in total. The van der Waals surface area contributed by atoms with Crippen LogP contribution in [0.1, 0.15) is 65.7 Å². The van der Waals surface area contributed by atoms with E-state index >= 15 is 0 Å². The number of rotatable bonds is 7. The van der Waals surface area contributed by atoms with Crippen molar-refractivity contribution in [2.45, 2.75) is 77.4 Å². The van der Waals surface area contributed by atoms with Crippen molar-refractivity contribution in [1.29, 1.82) is 0 Å². The van der Waals surface area contributed by atoms with Crippen LogP contribution in [0.5, 0.6) is 0 Å². The van der Waals surface area contributed by atoms with E-state index in [-0.39, 0.29) is 18.0 Å². The Morgan fingerprint density at radius 3 is 2.69 bits per heavy atom. The van der Waals surface area contributed by atoms with E-state index in [0.29, 0.717) is 13.0 Å². The Morgan fingerprint density at radius 1 is 1.17 bits per heavy atom. The number of allylic oxidation sites excluding steroid dienone is 1. The van der Waals surface area contributed by atoms with Crippen LogP contribution >= 0.6 is 0 Å². The van der Waals surface area contributed by atoms with Gasteiger partial charge in [-0.3, -0.25) is 4.79 Å². The molecule has 6 heteroatoms. The molecule has 0 saturated carbocycles. The fourth-order valence-corrected chi connectivity index (χ4v) is 3.74. The third-order valence-electron chi connectivity index (χ3n) is 5.21. The molecule has 0 aromatic carbocycles. The number of methoxy groups -OCH3 is 1. The van der Waals surface area contributed by atoms with Crippen LogP contribution in [0.25, 0.3) is 0 Å². The van der Waals surface area contributed by atoms with E-state index in [9.17, 15) is 9.59 Å². The number of nitrogens with zero attached hydrogens (tertiary/aromatic N) is 2. The third-order valence-corrected chi connectivity index (χ3v) is 5.21. The summed E-state index contributed by atoms with van der Waals surface area (Å²) in [6.45, 7) is 8.56. The molecule has 0 aromatic heterocycles. The Hall–Kier alpha value is -1.82. The predicted octanol–water partition coefficient (Wildman–Crippen LogP) is 4.31.